The molecule has 15 heavy (non-hydrogen) atoms. The van der Waals surface area contributed by atoms with Crippen LogP contribution in [0.25, 0.3) is 0 Å². The molecule has 2 aliphatic rings. The van der Waals surface area contributed by atoms with E-state index in [2.05, 4.69) is 19.1 Å². The van der Waals surface area contributed by atoms with Crippen molar-refractivity contribution in [3.8, 4) is 0 Å². The average Bonchev–Trinajstić information content (AvgIpc) is 2.66. The van der Waals surface area contributed by atoms with E-state index in [0.717, 1.165) is 19.3 Å². The molecule has 0 N–H and O–H groups in total. The fourth-order valence-electron chi connectivity index (χ4n) is 3.43. The summed E-state index contributed by atoms with van der Waals surface area (Å²) in [6.45, 7) is 2.17. The zero-order valence-electron chi connectivity index (χ0n) is 9.66. The third-order valence-electron chi connectivity index (χ3n) is 4.14. The number of hydrogen-bond donors (Lipinski definition) is 0. The van der Waals surface area contributed by atoms with Crippen LogP contribution in [0.3, 0.4) is 0 Å². The smallest absolute Gasteiger partial charge is 0.309 e. The Morgan fingerprint density at radius 3 is 2.67 bits per heavy atom. The van der Waals surface area contributed by atoms with Crippen molar-refractivity contribution in [3.63, 3.8) is 0 Å². The van der Waals surface area contributed by atoms with Crippen molar-refractivity contribution >= 4 is 5.97 Å². The zero-order chi connectivity index (χ0) is 10.9. The maximum Gasteiger partial charge on any atom is 0.309 e. The molecule has 0 aromatic heterocycles. The molecule has 0 aromatic rings. The standard InChI is InChI=1S/C13H20O2/c1-10-6-5-9-13(7-3-4-8-13)11(10)12(14)15-2/h5,9-11H,3-4,6-8H2,1-2H3. The predicted octanol–water partition coefficient (Wildman–Crippen LogP) is 2.93. The highest BCUT2D eigenvalue weighted by molar-refractivity contribution is 5.74. The van der Waals surface area contributed by atoms with Gasteiger partial charge in [-0.15, -0.1) is 0 Å². The van der Waals surface area contributed by atoms with E-state index >= 15 is 0 Å². The van der Waals surface area contributed by atoms with Crippen LogP contribution < -0.4 is 0 Å². The summed E-state index contributed by atoms with van der Waals surface area (Å²) in [7, 11) is 1.51. The van der Waals surface area contributed by atoms with Gasteiger partial charge in [0.2, 0.25) is 0 Å². The lowest BCUT2D eigenvalue weighted by molar-refractivity contribution is -0.152. The first-order valence-corrected chi connectivity index (χ1v) is 5.95. The number of ether oxygens (including phenoxy) is 1. The molecule has 0 heterocycles. The minimum atomic E-state index is -0.00579. The van der Waals surface area contributed by atoms with E-state index in [1.54, 1.807) is 0 Å². The average molecular weight is 208 g/mol. The highest BCUT2D eigenvalue weighted by atomic mass is 16.5. The van der Waals surface area contributed by atoms with Gasteiger partial charge in [-0.1, -0.05) is 31.9 Å². The highest BCUT2D eigenvalue weighted by Crippen LogP contribution is 2.51. The molecule has 1 saturated carbocycles. The van der Waals surface area contributed by atoms with Gasteiger partial charge in [-0.25, -0.2) is 0 Å². The van der Waals surface area contributed by atoms with Crippen LogP contribution in [0.15, 0.2) is 12.2 Å². The Balaban J connectivity index is 2.29. The Kier molecular flexibility index (Phi) is 2.85. The van der Waals surface area contributed by atoms with E-state index in [1.807, 2.05) is 0 Å². The molecule has 0 saturated heterocycles. The Morgan fingerprint density at radius 1 is 1.40 bits per heavy atom. The topological polar surface area (TPSA) is 26.3 Å². The lowest BCUT2D eigenvalue weighted by Crippen LogP contribution is -2.39. The van der Waals surface area contributed by atoms with E-state index in [1.165, 1.54) is 20.0 Å². The number of hydrogen-bond acceptors (Lipinski definition) is 2. The number of methoxy groups -OCH3 is 1. The summed E-state index contributed by atoms with van der Waals surface area (Å²) in [4.78, 5) is 11.9. The number of esters is 1. The number of carbonyl (C=O) groups excluding carboxylic acids is 1. The molecule has 2 rings (SSSR count). The monoisotopic (exact) mass is 208 g/mol. The molecule has 0 amide bonds. The van der Waals surface area contributed by atoms with Crippen molar-refractivity contribution in [3.05, 3.63) is 12.2 Å². The zero-order valence-corrected chi connectivity index (χ0v) is 9.66. The molecule has 0 bridgehead atoms. The molecule has 1 fully saturated rings. The number of carbonyl (C=O) groups is 1. The summed E-state index contributed by atoms with van der Waals surface area (Å²) >= 11 is 0. The molecular weight excluding hydrogens is 188 g/mol. The molecule has 2 unspecified atom stereocenters. The third-order valence-corrected chi connectivity index (χ3v) is 4.14. The van der Waals surface area contributed by atoms with Crippen molar-refractivity contribution in [2.24, 2.45) is 17.3 Å². The number of rotatable bonds is 1. The van der Waals surface area contributed by atoms with Crippen LogP contribution in [-0.4, -0.2) is 13.1 Å². The van der Waals surface area contributed by atoms with Gasteiger partial charge in [0.05, 0.1) is 13.0 Å². The van der Waals surface area contributed by atoms with Gasteiger partial charge in [0, 0.05) is 5.41 Å². The van der Waals surface area contributed by atoms with Crippen LogP contribution in [0.1, 0.15) is 39.0 Å². The first kappa shape index (κ1) is 10.7. The Bertz CT molecular complexity index is 274. The van der Waals surface area contributed by atoms with Gasteiger partial charge in [0.15, 0.2) is 0 Å². The Morgan fingerprint density at radius 2 is 2.07 bits per heavy atom. The molecule has 2 atom stereocenters. The van der Waals surface area contributed by atoms with Crippen molar-refractivity contribution in [1.29, 1.82) is 0 Å². The second-order valence-corrected chi connectivity index (χ2v) is 5.06. The molecular formula is C13H20O2. The quantitative estimate of drug-likeness (QED) is 0.489. The minimum absolute atomic E-state index is 0.00579. The van der Waals surface area contributed by atoms with Crippen molar-refractivity contribution in [2.75, 3.05) is 7.11 Å². The molecule has 84 valence electrons. The predicted molar refractivity (Wildman–Crippen MR) is 59.3 cm³/mol. The SMILES string of the molecule is COC(=O)C1C(C)CC=CC12CCCC2. The molecule has 0 radical (unpaired) electrons. The summed E-state index contributed by atoms with van der Waals surface area (Å²) in [6, 6.07) is 0. The lowest BCUT2D eigenvalue weighted by atomic mass is 9.64. The van der Waals surface area contributed by atoms with Gasteiger partial charge in [-0.2, -0.15) is 0 Å². The van der Waals surface area contributed by atoms with Gasteiger partial charge in [0.25, 0.3) is 0 Å². The molecule has 0 aromatic carbocycles. The van der Waals surface area contributed by atoms with E-state index in [9.17, 15) is 4.79 Å². The maximum atomic E-state index is 11.9. The summed E-state index contributed by atoms with van der Waals surface area (Å²) in [6.07, 6.45) is 10.4. The summed E-state index contributed by atoms with van der Waals surface area (Å²) in [5.41, 5.74) is 0.130. The van der Waals surface area contributed by atoms with E-state index in [-0.39, 0.29) is 17.3 Å². The number of allylic oxidation sites excluding steroid dienone is 2. The van der Waals surface area contributed by atoms with Gasteiger partial charge >= 0.3 is 5.97 Å². The fraction of sp³-hybridized carbons (Fsp3) is 0.769. The first-order chi connectivity index (χ1) is 7.19. The highest BCUT2D eigenvalue weighted by Gasteiger charge is 2.47. The van der Waals surface area contributed by atoms with Crippen LogP contribution in [0.2, 0.25) is 0 Å². The van der Waals surface area contributed by atoms with Crippen LogP contribution in [0.5, 0.6) is 0 Å². The van der Waals surface area contributed by atoms with Gasteiger partial charge in [-0.3, -0.25) is 4.79 Å². The fourth-order valence-corrected chi connectivity index (χ4v) is 3.43. The second kappa shape index (κ2) is 3.99. The second-order valence-electron chi connectivity index (χ2n) is 5.06. The minimum Gasteiger partial charge on any atom is -0.469 e. The van der Waals surface area contributed by atoms with Gasteiger partial charge in [0.1, 0.15) is 0 Å². The van der Waals surface area contributed by atoms with Crippen molar-refractivity contribution < 1.29 is 9.53 Å². The molecule has 2 nitrogen and oxygen atoms in total. The lowest BCUT2D eigenvalue weighted by Gasteiger charge is -2.39. The normalized spacial score (nSPS) is 33.2. The maximum absolute atomic E-state index is 11.9. The molecule has 0 aliphatic heterocycles. The summed E-state index contributed by atoms with van der Waals surface area (Å²) < 4.78 is 4.97. The first-order valence-electron chi connectivity index (χ1n) is 5.95. The van der Waals surface area contributed by atoms with Gasteiger partial charge < -0.3 is 4.74 Å². The summed E-state index contributed by atoms with van der Waals surface area (Å²) in [5.74, 6) is 0.518. The molecule has 2 aliphatic carbocycles. The van der Waals surface area contributed by atoms with Crippen molar-refractivity contribution in [2.45, 2.75) is 39.0 Å². The van der Waals surface area contributed by atoms with E-state index in [0.29, 0.717) is 5.92 Å². The van der Waals surface area contributed by atoms with E-state index < -0.39 is 0 Å². The Hall–Kier alpha value is -0.790. The van der Waals surface area contributed by atoms with Crippen LogP contribution >= 0.6 is 0 Å². The van der Waals surface area contributed by atoms with Gasteiger partial charge in [-0.05, 0) is 25.2 Å². The van der Waals surface area contributed by atoms with Crippen molar-refractivity contribution in [1.82, 2.24) is 0 Å². The molecule has 2 heteroatoms. The Labute approximate surface area is 91.7 Å². The largest absolute Gasteiger partial charge is 0.469 e. The molecule has 1 spiro atoms. The van der Waals surface area contributed by atoms with Crippen LogP contribution in [0, 0.1) is 17.3 Å². The van der Waals surface area contributed by atoms with E-state index in [4.69, 9.17) is 4.74 Å². The third kappa shape index (κ3) is 1.70. The summed E-state index contributed by atoms with van der Waals surface area (Å²) in [5, 5.41) is 0. The van der Waals surface area contributed by atoms with Crippen LogP contribution in [-0.2, 0) is 9.53 Å². The van der Waals surface area contributed by atoms with Crippen LogP contribution in [0.4, 0.5) is 0 Å².